The van der Waals surface area contributed by atoms with Crippen LogP contribution in [0.2, 0.25) is 0 Å². The van der Waals surface area contributed by atoms with E-state index in [1.165, 1.54) is 10.9 Å². The maximum atomic E-state index is 12.3. The van der Waals surface area contributed by atoms with Crippen molar-refractivity contribution < 1.29 is 19.4 Å². The molecule has 1 unspecified atom stereocenters. The van der Waals surface area contributed by atoms with Crippen LogP contribution in [0.1, 0.15) is 28.8 Å². The van der Waals surface area contributed by atoms with E-state index in [9.17, 15) is 14.7 Å². The summed E-state index contributed by atoms with van der Waals surface area (Å²) in [6.07, 6.45) is 0.484. The minimum Gasteiger partial charge on any atom is -0.479 e. The van der Waals surface area contributed by atoms with Crippen LogP contribution in [0, 0.1) is 0 Å². The largest absolute Gasteiger partial charge is 0.479 e. The van der Waals surface area contributed by atoms with Crippen LogP contribution in [-0.2, 0) is 16.6 Å². The molecule has 8 nitrogen and oxygen atoms in total. The van der Waals surface area contributed by atoms with Crippen LogP contribution in [-0.4, -0.2) is 38.8 Å². The SMILES string of the molecule is Cn1nncc1C(NC(=O)OCC1c2ccccc2-c2ccccc21)C(=O)O. The number of hydrogen-bond donors (Lipinski definition) is 2. The number of fused-ring (bicyclic) bond motifs is 3. The van der Waals surface area contributed by atoms with Gasteiger partial charge in [0.1, 0.15) is 6.61 Å². The molecule has 2 N–H and O–H groups in total. The molecule has 1 atom stereocenters. The monoisotopic (exact) mass is 378 g/mol. The Morgan fingerprint density at radius 3 is 2.29 bits per heavy atom. The molecule has 0 fully saturated rings. The van der Waals surface area contributed by atoms with Crippen molar-refractivity contribution in [2.24, 2.45) is 7.05 Å². The third kappa shape index (κ3) is 3.09. The van der Waals surface area contributed by atoms with E-state index in [1.807, 2.05) is 48.5 Å². The number of carboxylic acid groups (broad SMARTS) is 1. The van der Waals surface area contributed by atoms with Crippen LogP contribution in [0.4, 0.5) is 4.79 Å². The van der Waals surface area contributed by atoms with Crippen LogP contribution < -0.4 is 5.32 Å². The number of carbonyl (C=O) groups is 2. The van der Waals surface area contributed by atoms with Gasteiger partial charge in [-0.15, -0.1) is 5.10 Å². The second-order valence-electron chi connectivity index (χ2n) is 6.52. The fourth-order valence-electron chi connectivity index (χ4n) is 3.58. The zero-order valence-corrected chi connectivity index (χ0v) is 15.1. The summed E-state index contributed by atoms with van der Waals surface area (Å²) in [6, 6.07) is 14.7. The molecule has 28 heavy (non-hydrogen) atoms. The van der Waals surface area contributed by atoms with E-state index >= 15 is 0 Å². The minimum atomic E-state index is -1.30. The molecule has 1 aliphatic rings. The van der Waals surface area contributed by atoms with Crippen molar-refractivity contribution >= 4 is 12.1 Å². The Morgan fingerprint density at radius 2 is 1.75 bits per heavy atom. The van der Waals surface area contributed by atoms with E-state index in [4.69, 9.17) is 4.74 Å². The number of amides is 1. The molecule has 0 radical (unpaired) electrons. The van der Waals surface area contributed by atoms with Crippen molar-refractivity contribution in [3.8, 4) is 11.1 Å². The number of aryl methyl sites for hydroxylation is 1. The highest BCUT2D eigenvalue weighted by molar-refractivity contribution is 5.81. The lowest BCUT2D eigenvalue weighted by atomic mass is 9.98. The maximum absolute atomic E-state index is 12.3. The molecular formula is C20H18N4O4. The van der Waals surface area contributed by atoms with Gasteiger partial charge in [-0.25, -0.2) is 14.3 Å². The van der Waals surface area contributed by atoms with E-state index < -0.39 is 18.1 Å². The highest BCUT2D eigenvalue weighted by Gasteiger charge is 2.30. The van der Waals surface area contributed by atoms with Crippen molar-refractivity contribution in [3.63, 3.8) is 0 Å². The highest BCUT2D eigenvalue weighted by Crippen LogP contribution is 2.44. The van der Waals surface area contributed by atoms with Gasteiger partial charge in [0.2, 0.25) is 0 Å². The van der Waals surface area contributed by atoms with E-state index in [-0.39, 0.29) is 18.2 Å². The molecule has 0 saturated heterocycles. The summed E-state index contributed by atoms with van der Waals surface area (Å²) in [6.45, 7) is 0.107. The Hall–Kier alpha value is -3.68. The van der Waals surface area contributed by atoms with Gasteiger partial charge in [0.05, 0.1) is 11.9 Å². The Labute approximate surface area is 160 Å². The summed E-state index contributed by atoms with van der Waals surface area (Å²) in [4.78, 5) is 23.8. The van der Waals surface area contributed by atoms with Gasteiger partial charge in [-0.3, -0.25) is 0 Å². The fourth-order valence-corrected chi connectivity index (χ4v) is 3.58. The topological polar surface area (TPSA) is 106 Å². The number of nitrogens with zero attached hydrogens (tertiary/aromatic N) is 3. The van der Waals surface area contributed by atoms with E-state index in [0.717, 1.165) is 22.3 Å². The van der Waals surface area contributed by atoms with Gasteiger partial charge < -0.3 is 15.2 Å². The zero-order valence-electron chi connectivity index (χ0n) is 15.1. The molecule has 1 amide bonds. The number of benzene rings is 2. The number of rotatable bonds is 5. The third-order valence-corrected chi connectivity index (χ3v) is 4.90. The third-order valence-electron chi connectivity index (χ3n) is 4.90. The van der Waals surface area contributed by atoms with Crippen molar-refractivity contribution in [2.75, 3.05) is 6.61 Å². The van der Waals surface area contributed by atoms with E-state index in [1.54, 1.807) is 7.05 Å². The fraction of sp³-hybridized carbons (Fsp3) is 0.200. The Morgan fingerprint density at radius 1 is 1.14 bits per heavy atom. The van der Waals surface area contributed by atoms with Gasteiger partial charge in [-0.05, 0) is 22.3 Å². The van der Waals surface area contributed by atoms with Crippen LogP contribution in [0.3, 0.4) is 0 Å². The van der Waals surface area contributed by atoms with Gasteiger partial charge in [-0.1, -0.05) is 53.7 Å². The molecule has 0 aliphatic heterocycles. The number of carbonyl (C=O) groups excluding carboxylic acids is 1. The van der Waals surface area contributed by atoms with Crippen LogP contribution in [0.15, 0.2) is 54.7 Å². The van der Waals surface area contributed by atoms with E-state index in [2.05, 4.69) is 15.6 Å². The molecule has 1 aliphatic carbocycles. The molecule has 3 aromatic rings. The number of aromatic nitrogens is 3. The standard InChI is InChI=1S/C20H18N4O4/c1-24-17(10-21-23-24)18(19(25)26)22-20(27)28-11-16-14-8-4-2-6-12(14)13-7-3-5-9-15(13)16/h2-10,16,18H,11H2,1H3,(H,22,27)(H,25,26). The van der Waals surface area contributed by atoms with Gasteiger partial charge in [0.25, 0.3) is 0 Å². The Balaban J connectivity index is 1.49. The predicted molar refractivity (Wildman–Crippen MR) is 99.6 cm³/mol. The van der Waals surface area contributed by atoms with Crippen molar-refractivity contribution in [2.45, 2.75) is 12.0 Å². The Bertz CT molecular complexity index is 1000. The number of ether oxygens (including phenoxy) is 1. The molecule has 8 heteroatoms. The summed E-state index contributed by atoms with van der Waals surface area (Å²) < 4.78 is 6.69. The lowest BCUT2D eigenvalue weighted by Crippen LogP contribution is -2.36. The minimum absolute atomic E-state index is 0.0974. The lowest BCUT2D eigenvalue weighted by Gasteiger charge is -2.17. The zero-order chi connectivity index (χ0) is 19.7. The van der Waals surface area contributed by atoms with Crippen molar-refractivity contribution in [1.82, 2.24) is 20.3 Å². The summed E-state index contributed by atoms with van der Waals surface area (Å²) in [5.41, 5.74) is 4.67. The van der Waals surface area contributed by atoms with Gasteiger partial charge in [0.15, 0.2) is 6.04 Å². The number of hydrogen-bond acceptors (Lipinski definition) is 5. The van der Waals surface area contributed by atoms with Gasteiger partial charge in [-0.2, -0.15) is 0 Å². The average molecular weight is 378 g/mol. The number of nitrogens with one attached hydrogen (secondary N) is 1. The van der Waals surface area contributed by atoms with Gasteiger partial charge >= 0.3 is 12.1 Å². The first-order chi connectivity index (χ1) is 13.6. The summed E-state index contributed by atoms with van der Waals surface area (Å²) in [5, 5.41) is 19.1. The second-order valence-corrected chi connectivity index (χ2v) is 6.52. The first-order valence-electron chi connectivity index (χ1n) is 8.75. The Kier molecular flexibility index (Phi) is 4.52. The molecule has 1 heterocycles. The normalized spacial score (nSPS) is 13.5. The van der Waals surface area contributed by atoms with Crippen LogP contribution in [0.25, 0.3) is 11.1 Å². The molecule has 142 valence electrons. The summed E-state index contributed by atoms with van der Waals surface area (Å²) in [5.74, 6) is -1.32. The van der Waals surface area contributed by atoms with E-state index in [0.29, 0.717) is 0 Å². The number of carboxylic acids is 1. The molecular weight excluding hydrogens is 360 g/mol. The number of aliphatic carboxylic acids is 1. The maximum Gasteiger partial charge on any atom is 0.408 e. The first-order valence-corrected chi connectivity index (χ1v) is 8.75. The molecule has 0 spiro atoms. The van der Waals surface area contributed by atoms with Crippen LogP contribution in [0.5, 0.6) is 0 Å². The lowest BCUT2D eigenvalue weighted by molar-refractivity contribution is -0.139. The van der Waals surface area contributed by atoms with Gasteiger partial charge in [0, 0.05) is 13.0 Å². The van der Waals surface area contributed by atoms with Crippen molar-refractivity contribution in [1.29, 1.82) is 0 Å². The highest BCUT2D eigenvalue weighted by atomic mass is 16.5. The quantitative estimate of drug-likeness (QED) is 0.706. The second kappa shape index (κ2) is 7.15. The molecule has 0 bridgehead atoms. The molecule has 0 saturated carbocycles. The smallest absolute Gasteiger partial charge is 0.408 e. The van der Waals surface area contributed by atoms with Crippen LogP contribution >= 0.6 is 0 Å². The molecule has 1 aromatic heterocycles. The average Bonchev–Trinajstić information content (AvgIpc) is 3.25. The summed E-state index contributed by atoms with van der Waals surface area (Å²) in [7, 11) is 1.55. The molecule has 2 aromatic carbocycles. The predicted octanol–water partition coefficient (Wildman–Crippen LogP) is 2.48. The molecule has 4 rings (SSSR count). The number of alkyl carbamates (subject to hydrolysis) is 1. The van der Waals surface area contributed by atoms with Crippen molar-refractivity contribution in [3.05, 3.63) is 71.5 Å². The summed E-state index contributed by atoms with van der Waals surface area (Å²) >= 11 is 0. The first kappa shape index (κ1) is 17.7.